The van der Waals surface area contributed by atoms with E-state index in [0.717, 1.165) is 96.3 Å². The minimum atomic E-state index is -1.08. The molecule has 6 unspecified atom stereocenters. The van der Waals surface area contributed by atoms with Crippen molar-refractivity contribution in [2.75, 3.05) is 33.0 Å². The fraction of sp³-hybridized carbons (Fsp3) is 0.929. The number of hydrogen-bond acceptors (Lipinski definition) is 14. The van der Waals surface area contributed by atoms with Gasteiger partial charge in [-0.3, -0.25) is 14.4 Å². The highest BCUT2D eigenvalue weighted by molar-refractivity contribution is 7.96. The number of aliphatic hydroxyl groups is 2. The Morgan fingerprint density at radius 3 is 1.57 bits per heavy atom. The molecule has 0 aromatic heterocycles. The summed E-state index contributed by atoms with van der Waals surface area (Å²) in [5.74, 6) is 0.196. The van der Waals surface area contributed by atoms with Crippen LogP contribution in [-0.4, -0.2) is 88.1 Å². The van der Waals surface area contributed by atoms with E-state index in [0.29, 0.717) is 54.5 Å². The summed E-state index contributed by atoms with van der Waals surface area (Å²) in [6.45, 7) is 3.97. The van der Waals surface area contributed by atoms with Gasteiger partial charge in [0.25, 0.3) is 0 Å². The number of esters is 3. The van der Waals surface area contributed by atoms with Crippen molar-refractivity contribution in [1.82, 2.24) is 0 Å². The van der Waals surface area contributed by atoms with Crippen molar-refractivity contribution >= 4 is 30.0 Å². The molecule has 13 nitrogen and oxygen atoms in total. The maximum Gasteiger partial charge on any atom is 0.324 e. The standard InChI is InChI=1S/C42H60O13S/c1-35(2,56-55-54-48)32(43)49-20-36-7-25-5-30(16-36)42(31(6-25)17-36)52-23-37(24-53-42,21-50-33(44)38-8-26-3-27(9-38)13-40(46,12-26)18-38)22-51-34(45)39-10-28-4-29(11-39)15-41(47,14-28)19-39/h25-31,46-48H,3-24H2,1-2H3. The Bertz CT molecular complexity index is 1510. The van der Waals surface area contributed by atoms with Gasteiger partial charge in [0.1, 0.15) is 18.0 Å². The van der Waals surface area contributed by atoms with E-state index in [1.54, 1.807) is 13.8 Å². The van der Waals surface area contributed by atoms with E-state index in [2.05, 4.69) is 9.37 Å². The van der Waals surface area contributed by atoms with Gasteiger partial charge in [0.15, 0.2) is 5.79 Å². The monoisotopic (exact) mass is 804 g/mol. The quantitative estimate of drug-likeness (QED) is 0.0722. The smallest absolute Gasteiger partial charge is 0.324 e. The molecule has 13 aliphatic rings. The Morgan fingerprint density at radius 1 is 0.643 bits per heavy atom. The van der Waals surface area contributed by atoms with Gasteiger partial charge in [0.2, 0.25) is 0 Å². The summed E-state index contributed by atoms with van der Waals surface area (Å²) < 4.78 is 35.9. The Morgan fingerprint density at radius 2 is 1.12 bits per heavy atom. The van der Waals surface area contributed by atoms with Crippen molar-refractivity contribution in [2.24, 2.45) is 63.1 Å². The summed E-state index contributed by atoms with van der Waals surface area (Å²) in [6.07, 6.45) is 13.5. The van der Waals surface area contributed by atoms with E-state index in [1.165, 1.54) is 0 Å². The fourth-order valence-corrected chi connectivity index (χ4v) is 16.1. The zero-order valence-corrected chi connectivity index (χ0v) is 33.7. The van der Waals surface area contributed by atoms with E-state index in [4.69, 9.17) is 28.9 Å². The summed E-state index contributed by atoms with van der Waals surface area (Å²) in [4.78, 5) is 41.4. The van der Waals surface area contributed by atoms with Crippen molar-refractivity contribution in [3.63, 3.8) is 0 Å². The first kappa shape index (κ1) is 38.7. The van der Waals surface area contributed by atoms with Crippen LogP contribution in [0, 0.1) is 63.1 Å². The van der Waals surface area contributed by atoms with Gasteiger partial charge in [0.05, 0.1) is 59.3 Å². The van der Waals surface area contributed by atoms with Crippen LogP contribution in [0.3, 0.4) is 0 Å². The first-order valence-electron chi connectivity index (χ1n) is 21.4. The van der Waals surface area contributed by atoms with Gasteiger partial charge in [-0.1, -0.05) is 5.04 Å². The molecule has 1 spiro atoms. The maximum atomic E-state index is 14.2. The van der Waals surface area contributed by atoms with Crippen molar-refractivity contribution in [2.45, 2.75) is 145 Å². The van der Waals surface area contributed by atoms with E-state index in [9.17, 15) is 24.6 Å². The Hall–Kier alpha value is -1.52. The van der Waals surface area contributed by atoms with Crippen molar-refractivity contribution < 1.29 is 62.9 Å². The van der Waals surface area contributed by atoms with Gasteiger partial charge in [-0.2, -0.15) is 0 Å². The van der Waals surface area contributed by atoms with E-state index in [1.807, 2.05) is 0 Å². The third-order valence-corrected chi connectivity index (χ3v) is 17.6. The normalized spacial score (nSPS) is 50.4. The maximum absolute atomic E-state index is 14.2. The summed E-state index contributed by atoms with van der Waals surface area (Å²) >= 11 is 0.688. The molecule has 12 bridgehead atoms. The van der Waals surface area contributed by atoms with Crippen LogP contribution in [0.5, 0.6) is 0 Å². The zero-order valence-electron chi connectivity index (χ0n) is 32.9. The highest BCUT2D eigenvalue weighted by Gasteiger charge is 2.67. The Kier molecular flexibility index (Phi) is 8.97. The highest BCUT2D eigenvalue weighted by Crippen LogP contribution is 2.67. The first-order chi connectivity index (χ1) is 26.5. The second-order valence-electron chi connectivity index (χ2n) is 22.0. The minimum absolute atomic E-state index is 0.0103. The molecule has 6 atom stereocenters. The van der Waals surface area contributed by atoms with Crippen molar-refractivity contribution in [1.29, 1.82) is 0 Å². The van der Waals surface area contributed by atoms with Gasteiger partial charge >= 0.3 is 17.9 Å². The van der Waals surface area contributed by atoms with E-state index < -0.39 is 44.0 Å². The lowest BCUT2D eigenvalue weighted by Crippen LogP contribution is -2.68. The van der Waals surface area contributed by atoms with Gasteiger partial charge < -0.3 is 33.9 Å². The second-order valence-corrected chi connectivity index (χ2v) is 23.4. The number of rotatable bonds is 12. The van der Waals surface area contributed by atoms with Crippen LogP contribution in [0.2, 0.25) is 0 Å². The summed E-state index contributed by atoms with van der Waals surface area (Å²) in [6, 6.07) is 0. The molecule has 12 saturated carbocycles. The van der Waals surface area contributed by atoms with Gasteiger partial charge in [0, 0.05) is 17.3 Å². The van der Waals surface area contributed by atoms with Crippen LogP contribution in [0.1, 0.15) is 123 Å². The number of carbonyl (C=O) groups excluding carboxylic acids is 3. The van der Waals surface area contributed by atoms with Crippen LogP contribution >= 0.6 is 12.0 Å². The Labute approximate surface area is 332 Å². The SMILES string of the molecule is CC(C)(SOOO)C(=O)OCC12CC3CC(C1)C1(OCC(COC(=O)C45CC6CC(CC(O)(C6)C4)C5)(COC(=O)C45CC6CC(CC(O)(C6)C4)C5)CO1)C(C3)C2. The molecule has 1 heterocycles. The zero-order chi connectivity index (χ0) is 39.0. The lowest BCUT2D eigenvalue weighted by atomic mass is 9.47. The lowest BCUT2D eigenvalue weighted by Gasteiger charge is -2.65. The van der Waals surface area contributed by atoms with Crippen LogP contribution in [0.25, 0.3) is 0 Å². The number of ether oxygens (including phenoxy) is 5. The third-order valence-electron chi connectivity index (χ3n) is 16.9. The molecule has 14 heteroatoms. The molecule has 3 N–H and O–H groups in total. The lowest BCUT2D eigenvalue weighted by molar-refractivity contribution is -0.432. The molecule has 0 radical (unpaired) electrons. The summed E-state index contributed by atoms with van der Waals surface area (Å²) in [5, 5.41) is 35.1. The highest BCUT2D eigenvalue weighted by atomic mass is 32.2. The number of carbonyl (C=O) groups is 3. The summed E-state index contributed by atoms with van der Waals surface area (Å²) in [5.41, 5.74) is -4.07. The molecule has 1 aliphatic heterocycles. The van der Waals surface area contributed by atoms with Gasteiger partial charge in [-0.15, -0.1) is 4.33 Å². The van der Waals surface area contributed by atoms with Crippen molar-refractivity contribution in [3.8, 4) is 0 Å². The molecule has 13 rings (SSSR count). The molecule has 0 aromatic carbocycles. The Balaban J connectivity index is 0.848. The predicted octanol–water partition coefficient (Wildman–Crippen LogP) is 5.68. The van der Waals surface area contributed by atoms with Crippen molar-refractivity contribution in [3.05, 3.63) is 0 Å². The molecule has 1 saturated heterocycles. The van der Waals surface area contributed by atoms with Gasteiger partial charge in [-0.05, 0) is 153 Å². The molecule has 12 aliphatic carbocycles. The molecule has 13 fully saturated rings. The molecule has 56 heavy (non-hydrogen) atoms. The number of hydrogen-bond donors (Lipinski definition) is 3. The molecule has 312 valence electrons. The molecule has 0 aromatic rings. The van der Waals surface area contributed by atoms with E-state index in [-0.39, 0.29) is 62.2 Å². The van der Waals surface area contributed by atoms with E-state index >= 15 is 0 Å². The molecular weight excluding hydrogens is 745 g/mol. The largest absolute Gasteiger partial charge is 0.464 e. The van der Waals surface area contributed by atoms with Gasteiger partial charge in [-0.25, -0.2) is 5.26 Å². The molecule has 0 amide bonds. The van der Waals surface area contributed by atoms with Crippen LogP contribution in [-0.2, 0) is 47.4 Å². The first-order valence-corrected chi connectivity index (χ1v) is 22.1. The minimum Gasteiger partial charge on any atom is -0.464 e. The topological polar surface area (TPSA) is 177 Å². The summed E-state index contributed by atoms with van der Waals surface area (Å²) in [7, 11) is 0. The van der Waals surface area contributed by atoms with Crippen LogP contribution in [0.15, 0.2) is 0 Å². The predicted molar refractivity (Wildman–Crippen MR) is 197 cm³/mol. The average Bonchev–Trinajstić information content (AvgIpc) is 3.11. The van der Waals surface area contributed by atoms with Crippen LogP contribution < -0.4 is 0 Å². The van der Waals surface area contributed by atoms with Crippen LogP contribution in [0.4, 0.5) is 0 Å². The second kappa shape index (κ2) is 13.0. The third kappa shape index (κ3) is 6.31. The molecular formula is C42H60O13S. The average molecular weight is 805 g/mol. The fourth-order valence-electron chi connectivity index (χ4n) is 15.7.